The van der Waals surface area contributed by atoms with Crippen LogP contribution in [0.4, 0.5) is 0 Å². The molecule has 0 saturated carbocycles. The molecule has 120 valence electrons. The lowest BCUT2D eigenvalue weighted by molar-refractivity contribution is 0.0925. The summed E-state index contributed by atoms with van der Waals surface area (Å²) in [5.41, 5.74) is 1.98. The van der Waals surface area contributed by atoms with E-state index in [0.29, 0.717) is 18.9 Å². The molecule has 0 saturated heterocycles. The molecule has 0 aliphatic carbocycles. The van der Waals surface area contributed by atoms with Crippen molar-refractivity contribution in [1.29, 1.82) is 0 Å². The van der Waals surface area contributed by atoms with Crippen molar-refractivity contribution in [2.45, 2.75) is 13.0 Å². The van der Waals surface area contributed by atoms with Gasteiger partial charge < -0.3 is 19.8 Å². The Morgan fingerprint density at radius 2 is 2.13 bits per heavy atom. The van der Waals surface area contributed by atoms with Crippen LogP contribution >= 0.6 is 0 Å². The van der Waals surface area contributed by atoms with Crippen molar-refractivity contribution in [2.24, 2.45) is 0 Å². The van der Waals surface area contributed by atoms with E-state index in [1.807, 2.05) is 30.3 Å². The van der Waals surface area contributed by atoms with Gasteiger partial charge in [-0.05, 0) is 31.2 Å². The molecule has 0 spiro atoms. The fraction of sp³-hybridized carbons (Fsp3) is 0.278. The summed E-state index contributed by atoms with van der Waals surface area (Å²) in [5.74, 6) is 0.872. The zero-order valence-corrected chi connectivity index (χ0v) is 12.9. The van der Waals surface area contributed by atoms with E-state index in [9.17, 15) is 4.79 Å². The number of para-hydroxylation sites is 1. The fourth-order valence-corrected chi connectivity index (χ4v) is 2.43. The van der Waals surface area contributed by atoms with Gasteiger partial charge in [-0.25, -0.2) is 0 Å². The highest BCUT2D eigenvalue weighted by Crippen LogP contribution is 2.16. The number of nitrogens with one attached hydrogen (secondary N) is 2. The summed E-state index contributed by atoms with van der Waals surface area (Å²) in [6.45, 7) is 2.68. The molecular formula is C18H20N2O3. The SMILES string of the molecule is O=C(NCC1=CCNCC1)c1occc1COc1ccccc1. The van der Waals surface area contributed by atoms with Crippen molar-refractivity contribution in [3.63, 3.8) is 0 Å². The van der Waals surface area contributed by atoms with E-state index in [1.165, 1.54) is 11.8 Å². The number of carbonyl (C=O) groups excluding carboxylic acids is 1. The molecule has 23 heavy (non-hydrogen) atoms. The number of benzene rings is 1. The number of furan rings is 1. The normalized spacial score (nSPS) is 14.2. The molecule has 5 nitrogen and oxygen atoms in total. The molecule has 0 radical (unpaired) electrons. The lowest BCUT2D eigenvalue weighted by atomic mass is 10.1. The van der Waals surface area contributed by atoms with Crippen LogP contribution in [0.1, 0.15) is 22.5 Å². The molecule has 0 atom stereocenters. The van der Waals surface area contributed by atoms with Crippen molar-refractivity contribution in [3.8, 4) is 5.75 Å². The Kier molecular flexibility index (Phi) is 5.11. The Morgan fingerprint density at radius 3 is 2.91 bits per heavy atom. The summed E-state index contributed by atoms with van der Waals surface area (Å²) >= 11 is 0. The van der Waals surface area contributed by atoms with E-state index in [0.717, 1.165) is 30.8 Å². The maximum Gasteiger partial charge on any atom is 0.287 e. The van der Waals surface area contributed by atoms with Crippen molar-refractivity contribution in [1.82, 2.24) is 10.6 Å². The molecule has 0 fully saturated rings. The van der Waals surface area contributed by atoms with Crippen LogP contribution < -0.4 is 15.4 Å². The van der Waals surface area contributed by atoms with Crippen LogP contribution in [0.5, 0.6) is 5.75 Å². The Morgan fingerprint density at radius 1 is 1.26 bits per heavy atom. The van der Waals surface area contributed by atoms with Crippen LogP contribution in [-0.4, -0.2) is 25.5 Å². The summed E-state index contributed by atoms with van der Waals surface area (Å²) in [6, 6.07) is 11.3. The predicted molar refractivity (Wildman–Crippen MR) is 87.4 cm³/mol. The van der Waals surface area contributed by atoms with Gasteiger partial charge in [0.1, 0.15) is 12.4 Å². The molecular weight excluding hydrogens is 292 g/mol. The highest BCUT2D eigenvalue weighted by molar-refractivity contribution is 5.93. The molecule has 2 N–H and O–H groups in total. The quantitative estimate of drug-likeness (QED) is 0.805. The Labute approximate surface area is 135 Å². The lowest BCUT2D eigenvalue weighted by Crippen LogP contribution is -2.30. The second-order valence-electron chi connectivity index (χ2n) is 5.38. The van der Waals surface area contributed by atoms with Gasteiger partial charge in [0.25, 0.3) is 5.91 Å². The number of ether oxygens (including phenoxy) is 1. The van der Waals surface area contributed by atoms with Gasteiger partial charge in [0.15, 0.2) is 5.76 Å². The number of amides is 1. The average Bonchev–Trinajstić information content (AvgIpc) is 3.08. The molecule has 2 heterocycles. The molecule has 1 aromatic carbocycles. The highest BCUT2D eigenvalue weighted by atomic mass is 16.5. The molecule has 3 rings (SSSR count). The maximum atomic E-state index is 12.3. The minimum Gasteiger partial charge on any atom is -0.489 e. The van der Waals surface area contributed by atoms with Gasteiger partial charge in [-0.2, -0.15) is 0 Å². The van der Waals surface area contributed by atoms with Crippen LogP contribution in [0.15, 0.2) is 58.7 Å². The molecule has 2 aromatic rings. The largest absolute Gasteiger partial charge is 0.489 e. The minimum atomic E-state index is -0.207. The third-order valence-electron chi connectivity index (χ3n) is 3.72. The third kappa shape index (κ3) is 4.23. The molecule has 1 aromatic heterocycles. The predicted octanol–water partition coefficient (Wildman–Crippen LogP) is 2.51. The van der Waals surface area contributed by atoms with Gasteiger partial charge in [-0.3, -0.25) is 4.79 Å². The van der Waals surface area contributed by atoms with Gasteiger partial charge in [0, 0.05) is 18.7 Å². The minimum absolute atomic E-state index is 0.207. The van der Waals surface area contributed by atoms with Crippen molar-refractivity contribution in [3.05, 3.63) is 65.6 Å². The summed E-state index contributed by atoms with van der Waals surface area (Å²) in [7, 11) is 0. The van der Waals surface area contributed by atoms with E-state index < -0.39 is 0 Å². The van der Waals surface area contributed by atoms with Gasteiger partial charge in [0.2, 0.25) is 0 Å². The lowest BCUT2D eigenvalue weighted by Gasteiger charge is -2.14. The Bertz CT molecular complexity index is 677. The Hall–Kier alpha value is -2.53. The van der Waals surface area contributed by atoms with Gasteiger partial charge in [-0.1, -0.05) is 29.8 Å². The van der Waals surface area contributed by atoms with Gasteiger partial charge in [-0.15, -0.1) is 0 Å². The second-order valence-corrected chi connectivity index (χ2v) is 5.38. The van der Waals surface area contributed by atoms with E-state index in [4.69, 9.17) is 9.15 Å². The maximum absolute atomic E-state index is 12.3. The van der Waals surface area contributed by atoms with Crippen LogP contribution in [-0.2, 0) is 6.61 Å². The molecule has 1 aliphatic rings. The van der Waals surface area contributed by atoms with Crippen LogP contribution in [0.3, 0.4) is 0 Å². The summed E-state index contributed by atoms with van der Waals surface area (Å²) in [4.78, 5) is 12.3. The van der Waals surface area contributed by atoms with Crippen LogP contribution in [0, 0.1) is 0 Å². The summed E-state index contributed by atoms with van der Waals surface area (Å²) in [5, 5.41) is 6.16. The van der Waals surface area contributed by atoms with Crippen molar-refractivity contribution < 1.29 is 13.9 Å². The van der Waals surface area contributed by atoms with E-state index >= 15 is 0 Å². The molecule has 0 unspecified atom stereocenters. The standard InChI is InChI=1S/C18H20N2O3/c21-18(20-12-14-6-9-19-10-7-14)17-15(8-11-22-17)13-23-16-4-2-1-3-5-16/h1-6,8,11,19H,7,9-10,12-13H2,(H,20,21). The zero-order valence-electron chi connectivity index (χ0n) is 12.9. The first-order valence-corrected chi connectivity index (χ1v) is 7.74. The monoisotopic (exact) mass is 312 g/mol. The third-order valence-corrected chi connectivity index (χ3v) is 3.72. The van der Waals surface area contributed by atoms with Crippen molar-refractivity contribution in [2.75, 3.05) is 19.6 Å². The van der Waals surface area contributed by atoms with Gasteiger partial charge in [0.05, 0.1) is 6.26 Å². The number of hydrogen-bond acceptors (Lipinski definition) is 4. The van der Waals surface area contributed by atoms with E-state index in [1.54, 1.807) is 6.07 Å². The number of carbonyl (C=O) groups is 1. The van der Waals surface area contributed by atoms with Crippen LogP contribution in [0.25, 0.3) is 0 Å². The second kappa shape index (κ2) is 7.65. The zero-order chi connectivity index (χ0) is 15.9. The highest BCUT2D eigenvalue weighted by Gasteiger charge is 2.16. The molecule has 1 aliphatic heterocycles. The van der Waals surface area contributed by atoms with Crippen molar-refractivity contribution >= 4 is 5.91 Å². The number of hydrogen-bond donors (Lipinski definition) is 2. The van der Waals surface area contributed by atoms with Crippen LogP contribution in [0.2, 0.25) is 0 Å². The van der Waals surface area contributed by atoms with E-state index in [2.05, 4.69) is 16.7 Å². The Balaban J connectivity index is 1.56. The average molecular weight is 312 g/mol. The van der Waals surface area contributed by atoms with E-state index in [-0.39, 0.29) is 5.91 Å². The molecule has 1 amide bonds. The fourth-order valence-electron chi connectivity index (χ4n) is 2.43. The smallest absolute Gasteiger partial charge is 0.287 e. The first kappa shape index (κ1) is 15.4. The van der Waals surface area contributed by atoms with Gasteiger partial charge >= 0.3 is 0 Å². The summed E-state index contributed by atoms with van der Waals surface area (Å²) < 4.78 is 11.0. The summed E-state index contributed by atoms with van der Waals surface area (Å²) in [6.07, 6.45) is 4.59. The molecule has 0 bridgehead atoms. The molecule has 5 heteroatoms. The first-order valence-electron chi connectivity index (χ1n) is 7.74. The number of rotatable bonds is 6. The first-order chi connectivity index (χ1) is 11.3. The topological polar surface area (TPSA) is 63.5 Å².